The number of hydrogen-bond acceptors (Lipinski definition) is 2. The Morgan fingerprint density at radius 1 is 1.46 bits per heavy atom. The Morgan fingerprint density at radius 3 is 2.77 bits per heavy atom. The summed E-state index contributed by atoms with van der Waals surface area (Å²) in [6.07, 6.45) is 1.89. The highest BCUT2D eigenvalue weighted by Crippen LogP contribution is 2.16. The summed E-state index contributed by atoms with van der Waals surface area (Å²) < 4.78 is 23.2. The normalized spacial score (nSPS) is 12.5. The molecule has 0 heterocycles. The van der Waals surface area contributed by atoms with Gasteiger partial charge in [0.05, 0.1) is 0 Å². The SMILES string of the molecule is CCCc1ccccc1NS(=O)[O-]. The summed E-state index contributed by atoms with van der Waals surface area (Å²) in [4.78, 5) is 0. The van der Waals surface area contributed by atoms with Gasteiger partial charge in [-0.15, -0.1) is 0 Å². The van der Waals surface area contributed by atoms with Crippen LogP contribution < -0.4 is 4.72 Å². The maximum Gasteiger partial charge on any atom is 0.0484 e. The fourth-order valence-electron chi connectivity index (χ4n) is 1.20. The van der Waals surface area contributed by atoms with Crippen LogP contribution in [-0.2, 0) is 17.7 Å². The van der Waals surface area contributed by atoms with Gasteiger partial charge in [-0.3, -0.25) is 4.21 Å². The quantitative estimate of drug-likeness (QED) is 0.750. The van der Waals surface area contributed by atoms with Gasteiger partial charge < -0.3 is 9.27 Å². The van der Waals surface area contributed by atoms with Crippen LogP contribution in [-0.4, -0.2) is 8.76 Å². The molecule has 0 aliphatic carbocycles. The molecule has 0 amide bonds. The van der Waals surface area contributed by atoms with Gasteiger partial charge in [0.25, 0.3) is 0 Å². The van der Waals surface area contributed by atoms with Gasteiger partial charge in [-0.05, 0) is 18.1 Å². The van der Waals surface area contributed by atoms with E-state index < -0.39 is 11.3 Å². The van der Waals surface area contributed by atoms with E-state index in [0.29, 0.717) is 5.69 Å². The van der Waals surface area contributed by atoms with Crippen molar-refractivity contribution in [1.29, 1.82) is 0 Å². The topological polar surface area (TPSA) is 52.2 Å². The maximum absolute atomic E-state index is 10.4. The highest BCUT2D eigenvalue weighted by atomic mass is 32.2. The zero-order chi connectivity index (χ0) is 9.68. The minimum atomic E-state index is -2.23. The van der Waals surface area contributed by atoms with E-state index in [0.717, 1.165) is 18.4 Å². The third kappa shape index (κ3) is 3.16. The molecule has 1 atom stereocenters. The molecule has 1 aromatic rings. The first kappa shape index (κ1) is 10.2. The Kier molecular flexibility index (Phi) is 3.92. The van der Waals surface area contributed by atoms with Crippen molar-refractivity contribution in [2.75, 3.05) is 4.72 Å². The molecule has 0 radical (unpaired) electrons. The summed E-state index contributed by atoms with van der Waals surface area (Å²) in [6.45, 7) is 2.06. The van der Waals surface area contributed by atoms with Crippen LogP contribution in [0.15, 0.2) is 24.3 Å². The second-order valence-electron chi connectivity index (χ2n) is 2.74. The molecule has 13 heavy (non-hydrogen) atoms. The summed E-state index contributed by atoms with van der Waals surface area (Å²) in [5.74, 6) is 0. The van der Waals surface area contributed by atoms with E-state index in [1.165, 1.54) is 0 Å². The Bertz CT molecular complexity index is 301. The molecule has 3 nitrogen and oxygen atoms in total. The van der Waals surface area contributed by atoms with E-state index >= 15 is 0 Å². The Morgan fingerprint density at radius 2 is 2.15 bits per heavy atom. The van der Waals surface area contributed by atoms with Crippen LogP contribution in [0.4, 0.5) is 5.69 Å². The van der Waals surface area contributed by atoms with Crippen molar-refractivity contribution in [2.24, 2.45) is 0 Å². The Labute approximate surface area is 80.6 Å². The largest absolute Gasteiger partial charge is 0.755 e. The smallest absolute Gasteiger partial charge is 0.0484 e. The predicted molar refractivity (Wildman–Crippen MR) is 53.0 cm³/mol. The highest BCUT2D eigenvalue weighted by molar-refractivity contribution is 7.80. The molecule has 72 valence electrons. The van der Waals surface area contributed by atoms with Gasteiger partial charge >= 0.3 is 0 Å². The average molecular weight is 198 g/mol. The van der Waals surface area contributed by atoms with Crippen molar-refractivity contribution in [1.82, 2.24) is 0 Å². The molecule has 0 saturated carbocycles. The summed E-state index contributed by atoms with van der Waals surface area (Å²) in [6, 6.07) is 7.41. The fraction of sp³-hybridized carbons (Fsp3) is 0.333. The molecule has 1 rings (SSSR count). The molecule has 0 aromatic heterocycles. The zero-order valence-corrected chi connectivity index (χ0v) is 8.26. The fourth-order valence-corrected chi connectivity index (χ4v) is 1.58. The van der Waals surface area contributed by atoms with E-state index in [2.05, 4.69) is 11.6 Å². The molecule has 1 N–H and O–H groups in total. The van der Waals surface area contributed by atoms with Crippen molar-refractivity contribution >= 4 is 17.0 Å². The van der Waals surface area contributed by atoms with Crippen LogP contribution in [0.5, 0.6) is 0 Å². The first-order chi connectivity index (χ1) is 6.24. The zero-order valence-electron chi connectivity index (χ0n) is 7.45. The number of nitrogens with one attached hydrogen (secondary N) is 1. The highest BCUT2D eigenvalue weighted by Gasteiger charge is 1.98. The van der Waals surface area contributed by atoms with Gasteiger partial charge in [0.2, 0.25) is 0 Å². The lowest BCUT2D eigenvalue weighted by Crippen LogP contribution is -2.04. The standard InChI is InChI=1S/C9H13NO2S/c1-2-5-8-6-3-4-7-9(8)10-13(11)12/h3-4,6-7,10H,2,5H2,1H3,(H,11,12)/p-1. The molecule has 4 heteroatoms. The summed E-state index contributed by atoms with van der Waals surface area (Å²) in [7, 11) is 0. The second-order valence-corrected chi connectivity index (χ2v) is 3.42. The molecule has 1 aromatic carbocycles. The third-order valence-corrected chi connectivity index (χ3v) is 2.12. The van der Waals surface area contributed by atoms with Crippen LogP contribution in [0.1, 0.15) is 18.9 Å². The molecule has 1 unspecified atom stereocenters. The van der Waals surface area contributed by atoms with E-state index in [-0.39, 0.29) is 0 Å². The summed E-state index contributed by atoms with van der Waals surface area (Å²) >= 11 is -2.23. The van der Waals surface area contributed by atoms with Crippen LogP contribution in [0.2, 0.25) is 0 Å². The van der Waals surface area contributed by atoms with Crippen molar-refractivity contribution < 1.29 is 8.76 Å². The predicted octanol–water partition coefficient (Wildman–Crippen LogP) is 1.85. The number of benzene rings is 1. The first-order valence-corrected chi connectivity index (χ1v) is 5.25. The number of rotatable bonds is 4. The van der Waals surface area contributed by atoms with Crippen molar-refractivity contribution in [3.05, 3.63) is 29.8 Å². The molecule has 0 spiro atoms. The molecule has 0 aliphatic heterocycles. The van der Waals surface area contributed by atoms with Gasteiger partial charge in [0.1, 0.15) is 0 Å². The lowest BCUT2D eigenvalue weighted by molar-refractivity contribution is 0.542. The Balaban J connectivity index is 2.84. The molecular formula is C9H12NO2S-. The summed E-state index contributed by atoms with van der Waals surface area (Å²) in [5.41, 5.74) is 1.71. The van der Waals surface area contributed by atoms with Crippen molar-refractivity contribution in [2.45, 2.75) is 19.8 Å². The van der Waals surface area contributed by atoms with Gasteiger partial charge in [0, 0.05) is 17.0 Å². The molecular weight excluding hydrogens is 186 g/mol. The number of anilines is 1. The van der Waals surface area contributed by atoms with Gasteiger partial charge in [-0.1, -0.05) is 31.5 Å². The number of para-hydroxylation sites is 1. The third-order valence-electron chi connectivity index (χ3n) is 1.73. The number of aryl methyl sites for hydroxylation is 1. The first-order valence-electron chi connectivity index (χ1n) is 4.18. The van der Waals surface area contributed by atoms with E-state index in [9.17, 15) is 8.76 Å². The molecule has 0 aliphatic rings. The van der Waals surface area contributed by atoms with Crippen molar-refractivity contribution in [3.8, 4) is 0 Å². The van der Waals surface area contributed by atoms with Crippen LogP contribution in [0, 0.1) is 0 Å². The molecule has 0 bridgehead atoms. The molecule has 0 fully saturated rings. The molecule has 0 saturated heterocycles. The summed E-state index contributed by atoms with van der Waals surface area (Å²) in [5, 5.41) is 0. The van der Waals surface area contributed by atoms with Crippen molar-refractivity contribution in [3.63, 3.8) is 0 Å². The van der Waals surface area contributed by atoms with Gasteiger partial charge in [-0.25, -0.2) is 0 Å². The number of hydrogen-bond donors (Lipinski definition) is 1. The minimum absolute atomic E-state index is 0.678. The van der Waals surface area contributed by atoms with Gasteiger partial charge in [0.15, 0.2) is 0 Å². The maximum atomic E-state index is 10.4. The second kappa shape index (κ2) is 4.99. The van der Waals surface area contributed by atoms with E-state index in [4.69, 9.17) is 0 Å². The average Bonchev–Trinajstić information content (AvgIpc) is 2.08. The lowest BCUT2D eigenvalue weighted by Gasteiger charge is -2.12. The van der Waals surface area contributed by atoms with Gasteiger partial charge in [-0.2, -0.15) is 0 Å². The van der Waals surface area contributed by atoms with E-state index in [1.54, 1.807) is 6.07 Å². The monoisotopic (exact) mass is 198 g/mol. The van der Waals surface area contributed by atoms with Crippen LogP contribution >= 0.6 is 0 Å². The van der Waals surface area contributed by atoms with E-state index in [1.807, 2.05) is 18.2 Å². The minimum Gasteiger partial charge on any atom is -0.755 e. The lowest BCUT2D eigenvalue weighted by atomic mass is 10.1. The van der Waals surface area contributed by atoms with Crippen LogP contribution in [0.25, 0.3) is 0 Å². The van der Waals surface area contributed by atoms with Crippen LogP contribution in [0.3, 0.4) is 0 Å². The Hall–Kier alpha value is -0.870.